The highest BCUT2D eigenvalue weighted by molar-refractivity contribution is 6.08. The van der Waals surface area contributed by atoms with Gasteiger partial charge in [0, 0.05) is 5.70 Å². The van der Waals surface area contributed by atoms with Gasteiger partial charge >= 0.3 is 0 Å². The molecule has 0 amide bonds. The average molecular weight is 219 g/mol. The summed E-state index contributed by atoms with van der Waals surface area (Å²) in [4.78, 5) is 4.56. The van der Waals surface area contributed by atoms with Gasteiger partial charge in [-0.3, -0.25) is 4.99 Å². The Hall–Kier alpha value is -1.11. The fourth-order valence-electron chi connectivity index (χ4n) is 1.06. The molecule has 0 saturated carbocycles. The second-order valence-electron chi connectivity index (χ2n) is 4.13. The number of hydrogen-bond donors (Lipinski definition) is 0. The Kier molecular flexibility index (Phi) is 7.53. The molecule has 0 aromatic rings. The highest BCUT2D eigenvalue weighted by atomic mass is 14.7. The van der Waals surface area contributed by atoms with Crippen LogP contribution in [0.1, 0.15) is 47.5 Å². The van der Waals surface area contributed by atoms with E-state index in [0.717, 1.165) is 29.8 Å². The summed E-state index contributed by atoms with van der Waals surface area (Å²) in [6.45, 7) is 14.6. The van der Waals surface area contributed by atoms with Gasteiger partial charge < -0.3 is 0 Å². The molecule has 1 nitrogen and oxygen atoms in total. The van der Waals surface area contributed by atoms with Gasteiger partial charge in [0.1, 0.15) is 0 Å². The fraction of sp³-hybridized carbons (Fsp3) is 0.533. The van der Waals surface area contributed by atoms with E-state index in [1.54, 1.807) is 0 Å². The van der Waals surface area contributed by atoms with E-state index in [1.807, 2.05) is 19.9 Å². The Morgan fingerprint density at radius 3 is 2.44 bits per heavy atom. The quantitative estimate of drug-likeness (QED) is 0.562. The molecule has 0 radical (unpaired) electrons. The highest BCUT2D eigenvalue weighted by Crippen LogP contribution is 2.09. The van der Waals surface area contributed by atoms with Crippen molar-refractivity contribution in [3.8, 4) is 0 Å². The highest BCUT2D eigenvalue weighted by Gasteiger charge is 2.00. The van der Waals surface area contributed by atoms with Crippen molar-refractivity contribution in [2.45, 2.75) is 47.5 Å². The molecule has 0 bridgehead atoms. The molecule has 1 unspecified atom stereocenters. The SMILES string of the molecule is C=C(CC)C(/C=C\C(C)CC)=N\C(C)=C/C. The van der Waals surface area contributed by atoms with Crippen molar-refractivity contribution < 1.29 is 0 Å². The number of allylic oxidation sites excluding steroid dienone is 5. The molecule has 0 N–H and O–H groups in total. The largest absolute Gasteiger partial charge is 0.254 e. The number of nitrogens with zero attached hydrogens (tertiary/aromatic N) is 1. The minimum atomic E-state index is 0.598. The van der Waals surface area contributed by atoms with Crippen LogP contribution in [0.4, 0.5) is 0 Å². The molecule has 0 spiro atoms. The fourth-order valence-corrected chi connectivity index (χ4v) is 1.06. The number of rotatable bonds is 6. The summed E-state index contributed by atoms with van der Waals surface area (Å²) in [5.74, 6) is 0.598. The van der Waals surface area contributed by atoms with Gasteiger partial charge in [-0.05, 0) is 37.8 Å². The molecule has 0 rings (SSSR count). The van der Waals surface area contributed by atoms with Gasteiger partial charge in [-0.1, -0.05) is 45.9 Å². The van der Waals surface area contributed by atoms with E-state index in [4.69, 9.17) is 0 Å². The predicted molar refractivity (Wildman–Crippen MR) is 74.9 cm³/mol. The van der Waals surface area contributed by atoms with Crippen molar-refractivity contribution in [2.24, 2.45) is 10.9 Å². The number of aliphatic imine (C=N–C) groups is 1. The normalized spacial score (nSPS) is 15.6. The lowest BCUT2D eigenvalue weighted by Crippen LogP contribution is -1.99. The van der Waals surface area contributed by atoms with Gasteiger partial charge in [-0.15, -0.1) is 0 Å². The Morgan fingerprint density at radius 2 is 2.00 bits per heavy atom. The lowest BCUT2D eigenvalue weighted by atomic mass is 10.0. The Morgan fingerprint density at radius 1 is 1.38 bits per heavy atom. The summed E-state index contributed by atoms with van der Waals surface area (Å²) in [6.07, 6.45) is 8.43. The van der Waals surface area contributed by atoms with Gasteiger partial charge in [-0.2, -0.15) is 0 Å². The standard InChI is InChI=1S/C15H25N/c1-7-12(4)10-11-15(13(5)8-2)16-14(6)9-3/h9-12H,5,7-8H2,1-4,6H3/b11-10-,14-9-,16-15-. The van der Waals surface area contributed by atoms with Crippen molar-refractivity contribution in [1.29, 1.82) is 0 Å². The molecule has 0 aromatic carbocycles. The van der Waals surface area contributed by atoms with E-state index in [0.29, 0.717) is 5.92 Å². The second kappa shape index (κ2) is 8.09. The minimum absolute atomic E-state index is 0.598. The summed E-state index contributed by atoms with van der Waals surface area (Å²) in [5, 5.41) is 0. The van der Waals surface area contributed by atoms with Crippen LogP contribution in [0, 0.1) is 5.92 Å². The maximum absolute atomic E-state index is 4.56. The van der Waals surface area contributed by atoms with Crippen LogP contribution in [0.3, 0.4) is 0 Å². The van der Waals surface area contributed by atoms with Crippen LogP contribution in [-0.4, -0.2) is 5.71 Å². The summed E-state index contributed by atoms with van der Waals surface area (Å²) >= 11 is 0. The van der Waals surface area contributed by atoms with E-state index < -0.39 is 0 Å². The molecule has 1 heteroatoms. The zero-order chi connectivity index (χ0) is 12.6. The predicted octanol–water partition coefficient (Wildman–Crippen LogP) is 4.92. The topological polar surface area (TPSA) is 12.4 Å². The molecule has 0 aliphatic rings. The Labute approximate surface area is 101 Å². The molecule has 0 saturated heterocycles. The van der Waals surface area contributed by atoms with Crippen LogP contribution in [0.15, 0.2) is 41.1 Å². The first kappa shape index (κ1) is 14.9. The molecule has 0 aliphatic heterocycles. The lowest BCUT2D eigenvalue weighted by Gasteiger charge is -2.05. The molecule has 16 heavy (non-hydrogen) atoms. The first-order valence-corrected chi connectivity index (χ1v) is 6.13. The average Bonchev–Trinajstić information content (AvgIpc) is 2.32. The van der Waals surface area contributed by atoms with Crippen LogP contribution < -0.4 is 0 Å². The summed E-state index contributed by atoms with van der Waals surface area (Å²) < 4.78 is 0. The van der Waals surface area contributed by atoms with Crippen LogP contribution >= 0.6 is 0 Å². The molecular formula is C15H25N. The first-order chi connectivity index (χ1) is 7.54. The first-order valence-electron chi connectivity index (χ1n) is 6.13. The smallest absolute Gasteiger partial charge is 0.0655 e. The van der Waals surface area contributed by atoms with E-state index >= 15 is 0 Å². The van der Waals surface area contributed by atoms with Gasteiger partial charge in [-0.25, -0.2) is 0 Å². The molecule has 1 atom stereocenters. The van der Waals surface area contributed by atoms with Crippen LogP contribution in [0.2, 0.25) is 0 Å². The monoisotopic (exact) mass is 219 g/mol. The maximum Gasteiger partial charge on any atom is 0.0655 e. The van der Waals surface area contributed by atoms with Crippen LogP contribution in [-0.2, 0) is 0 Å². The van der Waals surface area contributed by atoms with Gasteiger partial charge in [0.2, 0.25) is 0 Å². The van der Waals surface area contributed by atoms with E-state index in [9.17, 15) is 0 Å². The van der Waals surface area contributed by atoms with E-state index in [2.05, 4.69) is 44.5 Å². The third-order valence-corrected chi connectivity index (χ3v) is 2.73. The van der Waals surface area contributed by atoms with Crippen molar-refractivity contribution in [1.82, 2.24) is 0 Å². The second-order valence-corrected chi connectivity index (χ2v) is 4.13. The zero-order valence-electron chi connectivity index (χ0n) is 11.4. The molecular weight excluding hydrogens is 194 g/mol. The lowest BCUT2D eigenvalue weighted by molar-refractivity contribution is 0.699. The van der Waals surface area contributed by atoms with Gasteiger partial charge in [0.05, 0.1) is 5.71 Å². The van der Waals surface area contributed by atoms with Crippen LogP contribution in [0.25, 0.3) is 0 Å². The minimum Gasteiger partial charge on any atom is -0.254 e. The summed E-state index contributed by atoms with van der Waals surface area (Å²) in [7, 11) is 0. The van der Waals surface area contributed by atoms with Crippen molar-refractivity contribution in [3.63, 3.8) is 0 Å². The van der Waals surface area contributed by atoms with Crippen molar-refractivity contribution in [3.05, 3.63) is 36.1 Å². The summed E-state index contributed by atoms with van der Waals surface area (Å²) in [5.41, 5.74) is 3.15. The van der Waals surface area contributed by atoms with Gasteiger partial charge in [0.25, 0.3) is 0 Å². The third kappa shape index (κ3) is 5.69. The molecule has 0 heterocycles. The molecule has 0 aromatic heterocycles. The van der Waals surface area contributed by atoms with E-state index in [1.165, 1.54) is 0 Å². The third-order valence-electron chi connectivity index (χ3n) is 2.73. The van der Waals surface area contributed by atoms with Crippen LogP contribution in [0.5, 0.6) is 0 Å². The van der Waals surface area contributed by atoms with Crippen molar-refractivity contribution >= 4 is 5.71 Å². The Balaban J connectivity index is 4.90. The van der Waals surface area contributed by atoms with E-state index in [-0.39, 0.29) is 0 Å². The molecule has 0 fully saturated rings. The summed E-state index contributed by atoms with van der Waals surface area (Å²) in [6, 6.07) is 0. The zero-order valence-corrected chi connectivity index (χ0v) is 11.4. The molecule has 0 aliphatic carbocycles. The Bertz CT molecular complexity index is 305. The molecule has 90 valence electrons. The van der Waals surface area contributed by atoms with Gasteiger partial charge in [0.15, 0.2) is 0 Å². The number of hydrogen-bond acceptors (Lipinski definition) is 1. The van der Waals surface area contributed by atoms with Crippen molar-refractivity contribution in [2.75, 3.05) is 0 Å². The maximum atomic E-state index is 4.56.